The van der Waals surface area contributed by atoms with Gasteiger partial charge < -0.3 is 20.0 Å². The van der Waals surface area contributed by atoms with Gasteiger partial charge in [-0.3, -0.25) is 9.59 Å². The predicted octanol–water partition coefficient (Wildman–Crippen LogP) is 3.08. The summed E-state index contributed by atoms with van der Waals surface area (Å²) in [4.78, 5) is 28.4. The number of aromatic nitrogens is 2. The fourth-order valence-corrected chi connectivity index (χ4v) is 6.48. The summed E-state index contributed by atoms with van der Waals surface area (Å²) in [6, 6.07) is 9.36. The number of fused-ring (bicyclic) bond motifs is 1. The summed E-state index contributed by atoms with van der Waals surface area (Å²) in [5.41, 5.74) is 2.88. The van der Waals surface area contributed by atoms with Crippen LogP contribution in [0.3, 0.4) is 0 Å². The van der Waals surface area contributed by atoms with E-state index in [4.69, 9.17) is 16.7 Å². The number of amides is 1. The number of nitrogens with zero attached hydrogens (tertiary/aromatic N) is 2. The van der Waals surface area contributed by atoms with Gasteiger partial charge in [-0.15, -0.1) is 0 Å². The minimum absolute atomic E-state index is 0.000425. The molecule has 0 aliphatic carbocycles. The molecule has 0 bridgehead atoms. The van der Waals surface area contributed by atoms with Gasteiger partial charge in [0, 0.05) is 41.4 Å². The van der Waals surface area contributed by atoms with Crippen molar-refractivity contribution < 1.29 is 18.3 Å². The second-order valence-corrected chi connectivity index (χ2v) is 11.7. The van der Waals surface area contributed by atoms with Crippen molar-refractivity contribution in [2.45, 2.75) is 46.2 Å². The van der Waals surface area contributed by atoms with E-state index < -0.39 is 16.0 Å². The Bertz CT molecular complexity index is 1460. The highest BCUT2D eigenvalue weighted by Gasteiger charge is 2.32. The molecule has 3 N–H and O–H groups in total. The van der Waals surface area contributed by atoms with Crippen molar-refractivity contribution in [3.05, 3.63) is 68.2 Å². The number of aryl methyl sites for hydroxylation is 1. The number of para-hydroxylation sites is 1. The molecule has 0 unspecified atom stereocenters. The summed E-state index contributed by atoms with van der Waals surface area (Å²) in [6.07, 6.45) is 1.31. The molecule has 9 nitrogen and oxygen atoms in total. The molecule has 1 fully saturated rings. The number of aliphatic hydroxyl groups excluding tert-OH is 1. The second-order valence-electron chi connectivity index (χ2n) is 9.36. The van der Waals surface area contributed by atoms with Crippen LogP contribution in [0.15, 0.2) is 35.1 Å². The molecule has 0 radical (unpaired) electrons. The average Bonchev–Trinajstić information content (AvgIpc) is 3.14. The van der Waals surface area contributed by atoms with Crippen LogP contribution in [0.4, 0.5) is 0 Å². The van der Waals surface area contributed by atoms with Crippen LogP contribution in [-0.2, 0) is 16.6 Å². The van der Waals surface area contributed by atoms with Gasteiger partial charge in [-0.25, -0.2) is 8.42 Å². The molecule has 1 aliphatic rings. The van der Waals surface area contributed by atoms with Crippen molar-refractivity contribution in [1.29, 1.82) is 0 Å². The van der Waals surface area contributed by atoms with Crippen LogP contribution in [-0.4, -0.2) is 52.3 Å². The highest BCUT2D eigenvalue weighted by Crippen LogP contribution is 2.36. The Morgan fingerprint density at radius 3 is 2.56 bits per heavy atom. The summed E-state index contributed by atoms with van der Waals surface area (Å²) in [5, 5.41) is 13.1. The molecule has 1 aliphatic heterocycles. The molecule has 11 heteroatoms. The monoisotopic (exact) mass is 534 g/mol. The summed E-state index contributed by atoms with van der Waals surface area (Å²) < 4.78 is 27.5. The first-order chi connectivity index (χ1) is 17.0. The predicted molar refractivity (Wildman–Crippen MR) is 140 cm³/mol. The van der Waals surface area contributed by atoms with Crippen LogP contribution in [0.1, 0.15) is 53.1 Å². The lowest BCUT2D eigenvalue weighted by Gasteiger charge is -2.35. The maximum atomic E-state index is 13.4. The number of halogens is 1. The topological polar surface area (TPSA) is 124 Å². The van der Waals surface area contributed by atoms with Gasteiger partial charge in [-0.05, 0) is 51.7 Å². The van der Waals surface area contributed by atoms with E-state index in [1.165, 1.54) is 4.31 Å². The Morgan fingerprint density at radius 1 is 1.25 bits per heavy atom. The van der Waals surface area contributed by atoms with Crippen LogP contribution < -0.4 is 10.9 Å². The molecule has 3 aromatic rings. The Morgan fingerprint density at radius 2 is 1.92 bits per heavy atom. The lowest BCUT2D eigenvalue weighted by atomic mass is 9.91. The van der Waals surface area contributed by atoms with Gasteiger partial charge >= 0.3 is 0 Å². The molecule has 2 aromatic heterocycles. The highest BCUT2D eigenvalue weighted by atomic mass is 35.5. The lowest BCUT2D eigenvalue weighted by Crippen LogP contribution is -2.41. The normalized spacial score (nSPS) is 16.4. The van der Waals surface area contributed by atoms with E-state index in [1.807, 2.05) is 31.2 Å². The van der Waals surface area contributed by atoms with Gasteiger partial charge in [0.1, 0.15) is 0 Å². The van der Waals surface area contributed by atoms with Crippen molar-refractivity contribution >= 4 is 38.4 Å². The average molecular weight is 535 g/mol. The van der Waals surface area contributed by atoms with Gasteiger partial charge in [0.25, 0.3) is 11.5 Å². The molecule has 3 heterocycles. The van der Waals surface area contributed by atoms with Gasteiger partial charge in [0.2, 0.25) is 10.0 Å². The van der Waals surface area contributed by atoms with Gasteiger partial charge in [0.05, 0.1) is 22.7 Å². The smallest absolute Gasteiger partial charge is 0.254 e. The molecule has 1 atom stereocenters. The Labute approximate surface area is 215 Å². The first kappa shape index (κ1) is 26.4. The van der Waals surface area contributed by atoms with Crippen molar-refractivity contribution in [3.63, 3.8) is 0 Å². The number of pyridine rings is 1. The summed E-state index contributed by atoms with van der Waals surface area (Å²) in [7, 11) is -3.63. The first-order valence-corrected chi connectivity index (χ1v) is 13.9. The summed E-state index contributed by atoms with van der Waals surface area (Å²) in [5.74, 6) is -0.979. The minimum Gasteiger partial charge on any atom is -0.379 e. The van der Waals surface area contributed by atoms with E-state index in [0.29, 0.717) is 47.8 Å². The second kappa shape index (κ2) is 10.4. The number of nitrogens with one attached hydrogen (secondary N) is 2. The number of carbonyl (C=O) groups is 1. The fourth-order valence-electron chi connectivity index (χ4n) is 5.23. The number of benzene rings is 1. The van der Waals surface area contributed by atoms with E-state index in [0.717, 1.165) is 16.6 Å². The number of hydrogen-bond donors (Lipinski definition) is 3. The standard InChI is InChI=1S/C25H31ClN4O5S/c1-15-12-21(26)20(24(32)28-15)13-27-25(33)23-17(3)30(22-7-5-4-6-19(22)23)16(2)18-8-10-29(11-9-18)36(34,35)14-31/h4-7,12,16,18,31H,8-11,13-14H2,1-3H3,(H,27,33)(H,28,32)/t16-/m1/s1. The number of aromatic amines is 1. The van der Waals surface area contributed by atoms with Crippen molar-refractivity contribution in [1.82, 2.24) is 19.2 Å². The van der Waals surface area contributed by atoms with Crippen LogP contribution in [0.25, 0.3) is 10.9 Å². The maximum Gasteiger partial charge on any atom is 0.254 e. The number of rotatable bonds is 7. The largest absolute Gasteiger partial charge is 0.379 e. The summed E-state index contributed by atoms with van der Waals surface area (Å²) in [6.45, 7) is 6.45. The third-order valence-corrected chi connectivity index (χ3v) is 8.99. The molecule has 1 saturated heterocycles. The molecular weight excluding hydrogens is 504 g/mol. The number of H-pyrrole nitrogens is 1. The van der Waals surface area contributed by atoms with Gasteiger partial charge in [-0.2, -0.15) is 4.31 Å². The number of hydrogen-bond acceptors (Lipinski definition) is 5. The van der Waals surface area contributed by atoms with Crippen LogP contribution in [0, 0.1) is 19.8 Å². The molecule has 194 valence electrons. The number of aliphatic hydroxyl groups is 1. The quantitative estimate of drug-likeness (QED) is 0.429. The number of sulfonamides is 1. The van der Waals surface area contributed by atoms with Gasteiger partial charge in [0.15, 0.2) is 5.94 Å². The Kier molecular flexibility index (Phi) is 7.61. The zero-order valence-corrected chi connectivity index (χ0v) is 22.1. The van der Waals surface area contributed by atoms with Gasteiger partial charge in [-0.1, -0.05) is 29.8 Å². The summed E-state index contributed by atoms with van der Waals surface area (Å²) >= 11 is 6.24. The van der Waals surface area contributed by atoms with E-state index in [2.05, 4.69) is 21.8 Å². The van der Waals surface area contributed by atoms with Crippen LogP contribution in [0.5, 0.6) is 0 Å². The Balaban J connectivity index is 1.60. The van der Waals surface area contributed by atoms with Crippen molar-refractivity contribution in [2.75, 3.05) is 19.0 Å². The maximum absolute atomic E-state index is 13.4. The van der Waals surface area contributed by atoms with E-state index in [9.17, 15) is 18.0 Å². The molecular formula is C25H31ClN4O5S. The van der Waals surface area contributed by atoms with E-state index >= 15 is 0 Å². The molecule has 1 aromatic carbocycles. The zero-order valence-electron chi connectivity index (χ0n) is 20.5. The molecule has 1 amide bonds. The first-order valence-electron chi connectivity index (χ1n) is 11.9. The van der Waals surface area contributed by atoms with E-state index in [-0.39, 0.29) is 30.0 Å². The highest BCUT2D eigenvalue weighted by molar-refractivity contribution is 7.88. The van der Waals surface area contributed by atoms with E-state index in [1.54, 1.807) is 13.0 Å². The molecule has 4 rings (SSSR count). The molecule has 0 spiro atoms. The third kappa shape index (κ3) is 4.95. The SMILES string of the molecule is Cc1cc(Cl)c(CNC(=O)c2c(C)n([C@H](C)C3CCN(S(=O)(=O)CO)CC3)c3ccccc23)c(=O)[nH]1. The molecule has 0 saturated carbocycles. The Hall–Kier alpha value is -2.66. The lowest BCUT2D eigenvalue weighted by molar-refractivity contribution is 0.0951. The minimum atomic E-state index is -3.63. The van der Waals surface area contributed by atoms with Crippen molar-refractivity contribution in [3.8, 4) is 0 Å². The zero-order chi connectivity index (χ0) is 26.2. The number of carbonyl (C=O) groups excluding carboxylic acids is 1. The van der Waals surface area contributed by atoms with Crippen molar-refractivity contribution in [2.24, 2.45) is 5.92 Å². The van der Waals surface area contributed by atoms with Crippen LogP contribution in [0.2, 0.25) is 5.02 Å². The fraction of sp³-hybridized carbons (Fsp3) is 0.440. The molecule has 36 heavy (non-hydrogen) atoms. The number of piperidine rings is 1. The third-order valence-electron chi connectivity index (χ3n) is 7.17. The van der Waals surface area contributed by atoms with Crippen LogP contribution >= 0.6 is 11.6 Å².